The van der Waals surface area contributed by atoms with Gasteiger partial charge in [-0.2, -0.15) is 0 Å². The second kappa shape index (κ2) is 4.89. The highest BCUT2D eigenvalue weighted by molar-refractivity contribution is 5.09. The Bertz CT molecular complexity index is 360. The van der Waals surface area contributed by atoms with Gasteiger partial charge in [-0.05, 0) is 33.4 Å². The quantitative estimate of drug-likeness (QED) is 0.783. The molecular formula is C15H27F2N3. The number of hydrogen-bond acceptors (Lipinski definition) is 3. The molecule has 20 heavy (non-hydrogen) atoms. The third-order valence-corrected chi connectivity index (χ3v) is 5.69. The number of rotatable bonds is 3. The second-order valence-corrected chi connectivity index (χ2v) is 7.21. The van der Waals surface area contributed by atoms with E-state index in [4.69, 9.17) is 0 Å². The maximum absolute atomic E-state index is 14.6. The van der Waals surface area contributed by atoms with Crippen molar-refractivity contribution < 1.29 is 8.78 Å². The van der Waals surface area contributed by atoms with E-state index in [0.717, 1.165) is 26.2 Å². The largest absolute Gasteiger partial charge is 0.302 e. The van der Waals surface area contributed by atoms with Crippen LogP contribution >= 0.6 is 0 Å². The third-order valence-electron chi connectivity index (χ3n) is 5.69. The molecule has 116 valence electrons. The van der Waals surface area contributed by atoms with Gasteiger partial charge in [0.1, 0.15) is 0 Å². The van der Waals surface area contributed by atoms with Crippen molar-refractivity contribution >= 4 is 0 Å². The van der Waals surface area contributed by atoms with Crippen LogP contribution in [0.3, 0.4) is 0 Å². The molecule has 0 aromatic carbocycles. The van der Waals surface area contributed by atoms with Crippen molar-refractivity contribution in [3.8, 4) is 0 Å². The Kier molecular flexibility index (Phi) is 3.58. The van der Waals surface area contributed by atoms with Crippen LogP contribution in [-0.2, 0) is 0 Å². The van der Waals surface area contributed by atoms with Crippen LogP contribution in [0.2, 0.25) is 0 Å². The normalized spacial score (nSPS) is 31.5. The minimum absolute atomic E-state index is 0.0266. The van der Waals surface area contributed by atoms with E-state index in [2.05, 4.69) is 30.6 Å². The minimum atomic E-state index is -2.52. The fraction of sp³-hybridized carbons (Fsp3) is 1.00. The Labute approximate surface area is 120 Å². The summed E-state index contributed by atoms with van der Waals surface area (Å²) >= 11 is 0. The fourth-order valence-electron chi connectivity index (χ4n) is 3.92. The summed E-state index contributed by atoms with van der Waals surface area (Å²) in [6.07, 6.45) is 0.661. The van der Waals surface area contributed by atoms with Gasteiger partial charge in [-0.15, -0.1) is 0 Å². The fourth-order valence-corrected chi connectivity index (χ4v) is 3.92. The molecule has 0 unspecified atom stereocenters. The lowest BCUT2D eigenvalue weighted by molar-refractivity contribution is -0.232. The number of halogens is 2. The molecule has 0 aliphatic carbocycles. The van der Waals surface area contributed by atoms with Crippen molar-refractivity contribution in [2.24, 2.45) is 5.41 Å². The van der Waals surface area contributed by atoms with Crippen LogP contribution in [-0.4, -0.2) is 78.5 Å². The highest BCUT2D eigenvalue weighted by atomic mass is 19.3. The molecule has 0 amide bonds. The molecule has 3 aliphatic rings. The summed E-state index contributed by atoms with van der Waals surface area (Å²) in [6, 6.07) is 0.885. The van der Waals surface area contributed by atoms with Crippen LogP contribution in [0, 0.1) is 5.41 Å². The molecule has 1 spiro atoms. The first-order valence-electron chi connectivity index (χ1n) is 7.95. The van der Waals surface area contributed by atoms with Gasteiger partial charge in [0.2, 0.25) is 0 Å². The van der Waals surface area contributed by atoms with E-state index in [1.165, 1.54) is 0 Å². The van der Waals surface area contributed by atoms with Crippen molar-refractivity contribution in [3.63, 3.8) is 0 Å². The van der Waals surface area contributed by atoms with Crippen molar-refractivity contribution in [2.45, 2.75) is 45.2 Å². The summed E-state index contributed by atoms with van der Waals surface area (Å²) in [5, 5.41) is 0. The van der Waals surface area contributed by atoms with E-state index in [1.807, 2.05) is 4.90 Å². The number of alkyl halides is 2. The van der Waals surface area contributed by atoms with Crippen LogP contribution in [0.25, 0.3) is 0 Å². The second-order valence-electron chi connectivity index (χ2n) is 7.21. The Morgan fingerprint density at radius 1 is 1.15 bits per heavy atom. The van der Waals surface area contributed by atoms with Gasteiger partial charge in [-0.25, -0.2) is 8.78 Å². The monoisotopic (exact) mass is 287 g/mol. The molecule has 0 N–H and O–H groups in total. The average molecular weight is 287 g/mol. The van der Waals surface area contributed by atoms with Crippen LogP contribution in [0.4, 0.5) is 8.78 Å². The first-order chi connectivity index (χ1) is 9.37. The summed E-state index contributed by atoms with van der Waals surface area (Å²) in [7, 11) is 0. The molecule has 0 aromatic heterocycles. The van der Waals surface area contributed by atoms with E-state index >= 15 is 0 Å². The van der Waals surface area contributed by atoms with Crippen LogP contribution in [0.1, 0.15) is 27.2 Å². The summed E-state index contributed by atoms with van der Waals surface area (Å²) in [4.78, 5) is 6.53. The van der Waals surface area contributed by atoms with Crippen LogP contribution < -0.4 is 0 Å². The maximum atomic E-state index is 14.6. The van der Waals surface area contributed by atoms with Gasteiger partial charge in [0, 0.05) is 38.3 Å². The van der Waals surface area contributed by atoms with Gasteiger partial charge in [0.25, 0.3) is 5.92 Å². The average Bonchev–Trinajstić information content (AvgIpc) is 2.22. The SMILES string of the molecule is CCN1CC2(CCN(C3CN(C(C)C)C3)CC2(F)F)C1. The van der Waals surface area contributed by atoms with E-state index in [-0.39, 0.29) is 6.54 Å². The van der Waals surface area contributed by atoms with Gasteiger partial charge in [-0.1, -0.05) is 6.92 Å². The maximum Gasteiger partial charge on any atom is 0.268 e. The predicted molar refractivity (Wildman–Crippen MR) is 76.2 cm³/mol. The smallest absolute Gasteiger partial charge is 0.268 e. The molecule has 0 atom stereocenters. The molecule has 3 saturated heterocycles. The Hall–Kier alpha value is -0.260. The third kappa shape index (κ3) is 2.18. The number of piperidine rings is 1. The number of hydrogen-bond donors (Lipinski definition) is 0. The standard InChI is InChI=1S/C15H27F2N3/c1-4-18-9-14(10-18)5-6-19(11-15(14,16)17)13-7-20(8-13)12(2)3/h12-13H,4-11H2,1-3H3. The van der Waals surface area contributed by atoms with Gasteiger partial charge < -0.3 is 4.90 Å². The predicted octanol–water partition coefficient (Wildman–Crippen LogP) is 1.74. The Morgan fingerprint density at radius 3 is 2.30 bits per heavy atom. The van der Waals surface area contributed by atoms with E-state index < -0.39 is 11.3 Å². The lowest BCUT2D eigenvalue weighted by Gasteiger charge is -2.59. The van der Waals surface area contributed by atoms with Crippen molar-refractivity contribution in [2.75, 3.05) is 45.8 Å². The van der Waals surface area contributed by atoms with E-state index in [0.29, 0.717) is 31.6 Å². The van der Waals surface area contributed by atoms with E-state index in [1.54, 1.807) is 0 Å². The lowest BCUT2D eigenvalue weighted by atomic mass is 9.69. The van der Waals surface area contributed by atoms with Crippen LogP contribution in [0.5, 0.6) is 0 Å². The minimum Gasteiger partial charge on any atom is -0.302 e. The molecule has 3 aliphatic heterocycles. The van der Waals surface area contributed by atoms with Gasteiger partial charge in [0.15, 0.2) is 0 Å². The molecule has 0 bridgehead atoms. The molecule has 3 heterocycles. The summed E-state index contributed by atoms with van der Waals surface area (Å²) in [6.45, 7) is 11.2. The first kappa shape index (κ1) is 14.7. The molecule has 0 radical (unpaired) electrons. The van der Waals surface area contributed by atoms with Gasteiger partial charge in [0.05, 0.1) is 12.0 Å². The van der Waals surface area contributed by atoms with Gasteiger partial charge in [-0.3, -0.25) is 9.80 Å². The molecule has 0 saturated carbocycles. The molecule has 3 fully saturated rings. The first-order valence-corrected chi connectivity index (χ1v) is 7.95. The highest BCUT2D eigenvalue weighted by Gasteiger charge is 2.62. The molecule has 3 nitrogen and oxygen atoms in total. The Balaban J connectivity index is 1.57. The van der Waals surface area contributed by atoms with Crippen molar-refractivity contribution in [1.29, 1.82) is 0 Å². The van der Waals surface area contributed by atoms with Crippen molar-refractivity contribution in [1.82, 2.24) is 14.7 Å². The van der Waals surface area contributed by atoms with E-state index in [9.17, 15) is 8.78 Å². The number of nitrogens with zero attached hydrogens (tertiary/aromatic N) is 3. The van der Waals surface area contributed by atoms with Gasteiger partial charge >= 0.3 is 0 Å². The zero-order chi connectivity index (χ0) is 14.5. The number of likely N-dealkylation sites (tertiary alicyclic amines) is 3. The molecular weight excluding hydrogens is 260 g/mol. The Morgan fingerprint density at radius 2 is 1.80 bits per heavy atom. The van der Waals surface area contributed by atoms with Crippen LogP contribution in [0.15, 0.2) is 0 Å². The highest BCUT2D eigenvalue weighted by Crippen LogP contribution is 2.50. The lowest BCUT2D eigenvalue weighted by Crippen LogP contribution is -2.73. The zero-order valence-electron chi connectivity index (χ0n) is 12.9. The molecule has 3 rings (SSSR count). The topological polar surface area (TPSA) is 9.72 Å². The molecule has 5 heteroatoms. The van der Waals surface area contributed by atoms with Crippen molar-refractivity contribution in [3.05, 3.63) is 0 Å². The summed E-state index contributed by atoms with van der Waals surface area (Å²) in [5.74, 6) is -2.52. The molecule has 0 aromatic rings. The summed E-state index contributed by atoms with van der Waals surface area (Å²) in [5.41, 5.74) is -0.721. The zero-order valence-corrected chi connectivity index (χ0v) is 12.9. The summed E-state index contributed by atoms with van der Waals surface area (Å²) < 4.78 is 29.1.